The molecule has 0 amide bonds. The van der Waals surface area contributed by atoms with Crippen LogP contribution in [0.5, 0.6) is 0 Å². The van der Waals surface area contributed by atoms with Crippen LogP contribution >= 0.6 is 11.3 Å². The lowest BCUT2D eigenvalue weighted by Crippen LogP contribution is -2.06. The third-order valence-corrected chi connectivity index (χ3v) is 10.2. The zero-order chi connectivity index (χ0) is 30.2. The van der Waals surface area contributed by atoms with Crippen LogP contribution in [0.3, 0.4) is 0 Å². The van der Waals surface area contributed by atoms with Gasteiger partial charge in [-0.1, -0.05) is 127 Å². The number of aromatic nitrogens is 4. The molecule has 0 saturated carbocycles. The second-order valence-corrected chi connectivity index (χ2v) is 12.6. The zero-order valence-corrected chi connectivity index (χ0v) is 25.4. The van der Waals surface area contributed by atoms with Gasteiger partial charge in [0.2, 0.25) is 5.95 Å². The van der Waals surface area contributed by atoms with Crippen molar-refractivity contribution in [2.75, 3.05) is 0 Å². The maximum absolute atomic E-state index is 5.14. The molecule has 0 aliphatic heterocycles. The van der Waals surface area contributed by atoms with Crippen LogP contribution in [0.15, 0.2) is 146 Å². The van der Waals surface area contributed by atoms with Gasteiger partial charge in [-0.05, 0) is 34.4 Å². The number of rotatable bonds is 3. The van der Waals surface area contributed by atoms with Gasteiger partial charge in [0.25, 0.3) is 0 Å². The van der Waals surface area contributed by atoms with Gasteiger partial charge in [-0.3, -0.25) is 4.57 Å². The fourth-order valence-electron chi connectivity index (χ4n) is 7.06. The molecule has 4 nitrogen and oxygen atoms in total. The second-order valence-electron chi connectivity index (χ2n) is 11.6. The van der Waals surface area contributed by atoms with E-state index in [0.29, 0.717) is 17.6 Å². The molecule has 0 fully saturated rings. The molecule has 5 heteroatoms. The molecule has 0 bridgehead atoms. The Balaban J connectivity index is 1.38. The molecule has 10 aromatic rings. The minimum atomic E-state index is 0.603. The number of benzene rings is 7. The van der Waals surface area contributed by atoms with Gasteiger partial charge >= 0.3 is 0 Å². The first kappa shape index (κ1) is 25.4. The van der Waals surface area contributed by atoms with Crippen LogP contribution in [0.2, 0.25) is 0 Å². The molecule has 3 heterocycles. The highest BCUT2D eigenvalue weighted by Gasteiger charge is 2.22. The van der Waals surface area contributed by atoms with Gasteiger partial charge in [0.15, 0.2) is 11.6 Å². The van der Waals surface area contributed by atoms with E-state index in [9.17, 15) is 0 Å². The van der Waals surface area contributed by atoms with Crippen molar-refractivity contribution in [1.82, 2.24) is 19.5 Å². The molecule has 7 aromatic carbocycles. The largest absolute Gasteiger partial charge is 0.278 e. The van der Waals surface area contributed by atoms with Gasteiger partial charge in [-0.2, -0.15) is 9.97 Å². The third-order valence-electron chi connectivity index (χ3n) is 9.04. The van der Waals surface area contributed by atoms with Crippen LogP contribution in [-0.4, -0.2) is 19.5 Å². The van der Waals surface area contributed by atoms with Crippen molar-refractivity contribution in [3.63, 3.8) is 0 Å². The van der Waals surface area contributed by atoms with E-state index in [1.165, 1.54) is 52.5 Å². The Bertz CT molecular complexity index is 2740. The minimum Gasteiger partial charge on any atom is -0.278 e. The lowest BCUT2D eigenvalue weighted by atomic mass is 9.94. The summed E-state index contributed by atoms with van der Waals surface area (Å²) >= 11 is 1.88. The quantitative estimate of drug-likeness (QED) is 0.188. The van der Waals surface area contributed by atoms with Crippen molar-refractivity contribution in [2.24, 2.45) is 0 Å². The monoisotopic (exact) mass is 604 g/mol. The van der Waals surface area contributed by atoms with E-state index in [1.54, 1.807) is 0 Å². The number of fused-ring (bicyclic) bond motifs is 12. The molecule has 0 unspecified atom stereocenters. The van der Waals surface area contributed by atoms with Gasteiger partial charge < -0.3 is 0 Å². The zero-order valence-electron chi connectivity index (χ0n) is 24.6. The van der Waals surface area contributed by atoms with Crippen molar-refractivity contribution >= 4 is 74.9 Å². The summed E-state index contributed by atoms with van der Waals surface area (Å²) in [5.74, 6) is 1.90. The Labute approximate surface area is 267 Å². The SMILES string of the molecule is c1ccc(-c2nc(-c3ccccc3)nc(-n3c4ccccc4c4c5c(ccc43)c3ccccc3c3c4ccccc4sc35)n2)cc1. The lowest BCUT2D eigenvalue weighted by Gasteiger charge is -2.12. The lowest BCUT2D eigenvalue weighted by molar-refractivity contribution is 0.953. The van der Waals surface area contributed by atoms with Crippen LogP contribution in [0.4, 0.5) is 0 Å². The first-order valence-corrected chi connectivity index (χ1v) is 16.2. The molecule has 46 heavy (non-hydrogen) atoms. The van der Waals surface area contributed by atoms with E-state index < -0.39 is 0 Å². The molecule has 3 aromatic heterocycles. The molecule has 214 valence electrons. The summed E-state index contributed by atoms with van der Waals surface area (Å²) in [5.41, 5.74) is 4.05. The summed E-state index contributed by atoms with van der Waals surface area (Å²) in [6.45, 7) is 0. The van der Waals surface area contributed by atoms with E-state index >= 15 is 0 Å². The fraction of sp³-hybridized carbons (Fsp3) is 0. The molecule has 0 N–H and O–H groups in total. The Morgan fingerprint density at radius 1 is 0.391 bits per heavy atom. The topological polar surface area (TPSA) is 43.6 Å². The van der Waals surface area contributed by atoms with Crippen molar-refractivity contribution < 1.29 is 0 Å². The minimum absolute atomic E-state index is 0.603. The molecule has 10 rings (SSSR count). The van der Waals surface area contributed by atoms with Crippen molar-refractivity contribution in [1.29, 1.82) is 0 Å². The number of para-hydroxylation sites is 1. The molecule has 0 spiro atoms. The van der Waals surface area contributed by atoms with Gasteiger partial charge in [0.05, 0.1) is 11.0 Å². The highest BCUT2D eigenvalue weighted by Crippen LogP contribution is 2.48. The van der Waals surface area contributed by atoms with Crippen LogP contribution < -0.4 is 0 Å². The summed E-state index contributed by atoms with van der Waals surface area (Å²) in [6, 6.07) is 51.1. The number of nitrogens with zero attached hydrogens (tertiary/aromatic N) is 4. The van der Waals surface area contributed by atoms with Crippen molar-refractivity contribution in [3.05, 3.63) is 146 Å². The molecule has 0 atom stereocenters. The second kappa shape index (κ2) is 9.80. The maximum Gasteiger partial charge on any atom is 0.238 e. The summed E-state index contributed by atoms with van der Waals surface area (Å²) in [7, 11) is 0. The van der Waals surface area contributed by atoms with Gasteiger partial charge in [-0.25, -0.2) is 4.98 Å². The van der Waals surface area contributed by atoms with E-state index in [0.717, 1.165) is 22.2 Å². The van der Waals surface area contributed by atoms with Crippen LogP contribution in [-0.2, 0) is 0 Å². The summed E-state index contributed by atoms with van der Waals surface area (Å²) in [6.07, 6.45) is 0. The average Bonchev–Trinajstić information content (AvgIpc) is 3.69. The molecule has 0 saturated heterocycles. The average molecular weight is 605 g/mol. The standard InChI is InChI=1S/C41H24N4S/c1-3-13-25(14-4-1)39-42-40(26-15-5-2-6-16-26)44-41(43-39)45-32-21-11-9-19-30(32)36-33(45)24-23-29-27-17-7-8-18-28(27)35-31-20-10-12-22-34(31)46-38(35)37(29)36/h1-24H. The summed E-state index contributed by atoms with van der Waals surface area (Å²) in [4.78, 5) is 15.2. The van der Waals surface area contributed by atoms with E-state index in [-0.39, 0.29) is 0 Å². The third kappa shape index (κ3) is 3.63. The van der Waals surface area contributed by atoms with Crippen LogP contribution in [0, 0.1) is 0 Å². The Morgan fingerprint density at radius 2 is 0.957 bits per heavy atom. The van der Waals surface area contributed by atoms with Crippen molar-refractivity contribution in [3.8, 4) is 28.7 Å². The number of thiophene rings is 1. The first-order chi connectivity index (χ1) is 22.8. The predicted molar refractivity (Wildman–Crippen MR) is 193 cm³/mol. The molecular formula is C41H24N4S. The normalized spacial score (nSPS) is 11.9. The summed E-state index contributed by atoms with van der Waals surface area (Å²) < 4.78 is 4.83. The highest BCUT2D eigenvalue weighted by atomic mass is 32.1. The fourth-order valence-corrected chi connectivity index (χ4v) is 8.34. The van der Waals surface area contributed by atoms with Crippen molar-refractivity contribution in [2.45, 2.75) is 0 Å². The van der Waals surface area contributed by atoms with E-state index in [4.69, 9.17) is 15.0 Å². The summed E-state index contributed by atoms with van der Waals surface area (Å²) in [5, 5.41) is 10.1. The first-order valence-electron chi connectivity index (χ1n) is 15.4. The van der Waals surface area contributed by atoms with E-state index in [1.807, 2.05) is 47.7 Å². The van der Waals surface area contributed by atoms with Gasteiger partial charge in [-0.15, -0.1) is 11.3 Å². The molecule has 0 aliphatic rings. The van der Waals surface area contributed by atoms with Crippen LogP contribution in [0.25, 0.3) is 92.2 Å². The molecule has 0 aliphatic carbocycles. The van der Waals surface area contributed by atoms with Gasteiger partial charge in [0, 0.05) is 47.5 Å². The Hall–Kier alpha value is -5.91. The Kier molecular flexibility index (Phi) is 5.41. The number of hydrogen-bond acceptors (Lipinski definition) is 4. The van der Waals surface area contributed by atoms with Crippen LogP contribution in [0.1, 0.15) is 0 Å². The molecule has 0 radical (unpaired) electrons. The van der Waals surface area contributed by atoms with E-state index in [2.05, 4.69) is 114 Å². The Morgan fingerprint density at radius 3 is 1.67 bits per heavy atom. The highest BCUT2D eigenvalue weighted by molar-refractivity contribution is 7.27. The molecular weight excluding hydrogens is 581 g/mol. The smallest absolute Gasteiger partial charge is 0.238 e. The maximum atomic E-state index is 5.14. The number of hydrogen-bond donors (Lipinski definition) is 0. The predicted octanol–water partition coefficient (Wildman–Crippen LogP) is 11.0. The van der Waals surface area contributed by atoms with Gasteiger partial charge in [0.1, 0.15) is 0 Å².